The van der Waals surface area contributed by atoms with Crippen LogP contribution in [0.25, 0.3) is 0 Å². The van der Waals surface area contributed by atoms with E-state index in [4.69, 9.17) is 4.74 Å². The van der Waals surface area contributed by atoms with Crippen LogP contribution in [0.2, 0.25) is 0 Å². The smallest absolute Gasteiger partial charge is 0.326 e. The molecule has 0 aliphatic carbocycles. The molecule has 122 valence electrons. The number of pyridine rings is 1. The molecule has 0 saturated heterocycles. The fourth-order valence-electron chi connectivity index (χ4n) is 1.85. The molecule has 22 heavy (non-hydrogen) atoms. The minimum Gasteiger partial charge on any atom is -0.480 e. The van der Waals surface area contributed by atoms with E-state index in [0.29, 0.717) is 31.0 Å². The summed E-state index contributed by atoms with van der Waals surface area (Å²) in [6.45, 7) is 4.77. The second kappa shape index (κ2) is 8.99. The molecule has 0 aromatic carbocycles. The number of hydrogen-bond donors (Lipinski definition) is 3. The Morgan fingerprint density at radius 3 is 2.59 bits per heavy atom. The zero-order valence-corrected chi connectivity index (χ0v) is 13.1. The maximum atomic E-state index is 11.8. The van der Waals surface area contributed by atoms with Crippen LogP contribution in [0.3, 0.4) is 0 Å². The van der Waals surface area contributed by atoms with Gasteiger partial charge in [0.1, 0.15) is 11.9 Å². The van der Waals surface area contributed by atoms with Crippen molar-refractivity contribution in [2.45, 2.75) is 26.3 Å². The number of carbonyl (C=O) groups is 2. The quantitative estimate of drug-likeness (QED) is 0.596. The molecule has 0 aliphatic rings. The van der Waals surface area contributed by atoms with Gasteiger partial charge in [0.15, 0.2) is 0 Å². The van der Waals surface area contributed by atoms with E-state index in [1.807, 2.05) is 13.8 Å². The van der Waals surface area contributed by atoms with E-state index in [1.54, 1.807) is 19.2 Å². The number of nitrogens with zero attached hydrogens (tertiary/aromatic N) is 1. The van der Waals surface area contributed by atoms with E-state index in [2.05, 4.69) is 15.6 Å². The summed E-state index contributed by atoms with van der Waals surface area (Å²) in [6, 6.07) is 2.50. The van der Waals surface area contributed by atoms with Crippen molar-refractivity contribution in [2.75, 3.05) is 25.6 Å². The minimum atomic E-state index is -0.920. The van der Waals surface area contributed by atoms with Gasteiger partial charge in [-0.1, -0.05) is 13.8 Å². The number of carbonyl (C=O) groups excluding carboxylic acids is 1. The molecular weight excluding hydrogens is 286 g/mol. The predicted molar refractivity (Wildman–Crippen MR) is 82.9 cm³/mol. The van der Waals surface area contributed by atoms with Crippen molar-refractivity contribution < 1.29 is 19.4 Å². The van der Waals surface area contributed by atoms with Gasteiger partial charge >= 0.3 is 5.97 Å². The van der Waals surface area contributed by atoms with Crippen LogP contribution in [0, 0.1) is 5.92 Å². The molecule has 7 nitrogen and oxygen atoms in total. The highest BCUT2D eigenvalue weighted by Crippen LogP contribution is 2.12. The highest BCUT2D eigenvalue weighted by atomic mass is 16.5. The van der Waals surface area contributed by atoms with Gasteiger partial charge in [-0.05, 0) is 24.5 Å². The number of methoxy groups -OCH3 is 1. The largest absolute Gasteiger partial charge is 0.480 e. The molecule has 1 heterocycles. The molecule has 0 aliphatic heterocycles. The molecule has 0 spiro atoms. The van der Waals surface area contributed by atoms with Gasteiger partial charge in [-0.2, -0.15) is 0 Å². The number of nitrogens with one attached hydrogen (secondary N) is 2. The Labute approximate surface area is 130 Å². The van der Waals surface area contributed by atoms with Crippen LogP contribution in [0.5, 0.6) is 0 Å². The number of carboxylic acid groups (broad SMARTS) is 1. The molecule has 1 aromatic rings. The maximum absolute atomic E-state index is 11.8. The van der Waals surface area contributed by atoms with Crippen LogP contribution < -0.4 is 10.6 Å². The molecule has 1 atom stereocenters. The first kappa shape index (κ1) is 17.9. The Balaban J connectivity index is 2.63. The van der Waals surface area contributed by atoms with Crippen LogP contribution in [-0.4, -0.2) is 48.3 Å². The Morgan fingerprint density at radius 1 is 1.36 bits per heavy atom. The number of hydrogen-bond acceptors (Lipinski definition) is 5. The van der Waals surface area contributed by atoms with Gasteiger partial charge < -0.3 is 20.5 Å². The van der Waals surface area contributed by atoms with Crippen LogP contribution in [0.4, 0.5) is 5.82 Å². The summed E-state index contributed by atoms with van der Waals surface area (Å²) in [5.41, 5.74) is 0.414. The maximum Gasteiger partial charge on any atom is 0.326 e. The number of rotatable bonds is 9. The first-order chi connectivity index (χ1) is 10.4. The van der Waals surface area contributed by atoms with Crippen LogP contribution in [0.15, 0.2) is 18.3 Å². The number of aliphatic carboxylic acids is 1. The fraction of sp³-hybridized carbons (Fsp3) is 0.533. The average molecular weight is 309 g/mol. The number of anilines is 1. The van der Waals surface area contributed by atoms with Crippen molar-refractivity contribution in [3.8, 4) is 0 Å². The van der Waals surface area contributed by atoms with Crippen molar-refractivity contribution >= 4 is 17.7 Å². The molecule has 7 heteroatoms. The van der Waals surface area contributed by atoms with E-state index in [-0.39, 0.29) is 11.8 Å². The SMILES string of the molecule is COCCNC(=O)c1ccc(NC(CC(C)C)C(=O)O)nc1. The molecule has 1 rings (SSSR count). The third-order valence-corrected chi connectivity index (χ3v) is 2.94. The van der Waals surface area contributed by atoms with Gasteiger partial charge in [-0.15, -0.1) is 0 Å². The van der Waals surface area contributed by atoms with E-state index in [0.717, 1.165) is 0 Å². The monoisotopic (exact) mass is 309 g/mol. The van der Waals surface area contributed by atoms with Crippen molar-refractivity contribution in [1.82, 2.24) is 10.3 Å². The van der Waals surface area contributed by atoms with E-state index in [9.17, 15) is 14.7 Å². The Hall–Kier alpha value is -2.15. The number of carboxylic acids is 1. The summed E-state index contributed by atoms with van der Waals surface area (Å²) in [4.78, 5) is 27.1. The summed E-state index contributed by atoms with van der Waals surface area (Å²) in [5.74, 6) is -0.481. The summed E-state index contributed by atoms with van der Waals surface area (Å²) in [6.07, 6.45) is 1.91. The predicted octanol–water partition coefficient (Wildman–Crippen LogP) is 1.37. The van der Waals surface area contributed by atoms with Gasteiger partial charge in [0.05, 0.1) is 12.2 Å². The molecule has 0 bridgehead atoms. The second-order valence-electron chi connectivity index (χ2n) is 5.35. The highest BCUT2D eigenvalue weighted by Gasteiger charge is 2.19. The van der Waals surface area contributed by atoms with Crippen molar-refractivity contribution in [3.05, 3.63) is 23.9 Å². The lowest BCUT2D eigenvalue weighted by atomic mass is 10.0. The highest BCUT2D eigenvalue weighted by molar-refractivity contribution is 5.94. The van der Waals surface area contributed by atoms with E-state index in [1.165, 1.54) is 6.20 Å². The molecule has 1 aromatic heterocycles. The van der Waals surface area contributed by atoms with Gasteiger partial charge in [0.25, 0.3) is 5.91 Å². The zero-order chi connectivity index (χ0) is 16.5. The van der Waals surface area contributed by atoms with E-state index < -0.39 is 12.0 Å². The summed E-state index contributed by atoms with van der Waals surface area (Å²) >= 11 is 0. The topological polar surface area (TPSA) is 101 Å². The number of aromatic nitrogens is 1. The minimum absolute atomic E-state index is 0.243. The van der Waals surface area contributed by atoms with Gasteiger partial charge in [0, 0.05) is 19.9 Å². The third kappa shape index (κ3) is 6.09. The first-order valence-corrected chi connectivity index (χ1v) is 7.16. The van der Waals surface area contributed by atoms with Crippen molar-refractivity contribution in [2.24, 2.45) is 5.92 Å². The van der Waals surface area contributed by atoms with Crippen molar-refractivity contribution in [3.63, 3.8) is 0 Å². The molecular formula is C15H23N3O4. The lowest BCUT2D eigenvalue weighted by Gasteiger charge is -2.17. The summed E-state index contributed by atoms with van der Waals surface area (Å²) in [7, 11) is 1.56. The first-order valence-electron chi connectivity index (χ1n) is 7.16. The standard InChI is InChI=1S/C15H23N3O4/c1-10(2)8-12(15(20)21)18-13-5-4-11(9-17-13)14(19)16-6-7-22-3/h4-5,9-10,12H,6-8H2,1-3H3,(H,16,19)(H,17,18)(H,20,21). The number of ether oxygens (including phenoxy) is 1. The zero-order valence-electron chi connectivity index (χ0n) is 13.1. The van der Waals surface area contributed by atoms with Gasteiger partial charge in [-0.25, -0.2) is 9.78 Å². The Morgan fingerprint density at radius 2 is 2.09 bits per heavy atom. The molecule has 1 unspecified atom stereocenters. The average Bonchev–Trinajstić information content (AvgIpc) is 2.47. The third-order valence-electron chi connectivity index (χ3n) is 2.94. The van der Waals surface area contributed by atoms with Crippen molar-refractivity contribution in [1.29, 1.82) is 0 Å². The van der Waals surface area contributed by atoms with E-state index >= 15 is 0 Å². The fourth-order valence-corrected chi connectivity index (χ4v) is 1.85. The Bertz CT molecular complexity index is 488. The molecule has 1 amide bonds. The van der Waals surface area contributed by atoms with Gasteiger partial charge in [0.2, 0.25) is 0 Å². The normalized spacial score (nSPS) is 12.0. The number of amides is 1. The lowest BCUT2D eigenvalue weighted by molar-refractivity contribution is -0.138. The van der Waals surface area contributed by atoms with Crippen LogP contribution >= 0.6 is 0 Å². The molecule has 0 radical (unpaired) electrons. The summed E-state index contributed by atoms with van der Waals surface area (Å²) in [5, 5.41) is 14.7. The second-order valence-corrected chi connectivity index (χ2v) is 5.35. The van der Waals surface area contributed by atoms with Gasteiger partial charge in [-0.3, -0.25) is 4.79 Å². The Kier molecular flexibility index (Phi) is 7.31. The molecule has 0 saturated carbocycles. The molecule has 3 N–H and O–H groups in total. The van der Waals surface area contributed by atoms with Crippen LogP contribution in [0.1, 0.15) is 30.6 Å². The van der Waals surface area contributed by atoms with Crippen LogP contribution in [-0.2, 0) is 9.53 Å². The lowest BCUT2D eigenvalue weighted by Crippen LogP contribution is -2.31. The summed E-state index contributed by atoms with van der Waals surface area (Å²) < 4.78 is 4.85. The molecule has 0 fully saturated rings.